The van der Waals surface area contributed by atoms with Crippen LogP contribution in [0.25, 0.3) is 0 Å². The molecular formula is C17H22N2O. The van der Waals surface area contributed by atoms with Crippen LogP contribution < -0.4 is 10.1 Å². The Morgan fingerprint density at radius 1 is 1.30 bits per heavy atom. The van der Waals surface area contributed by atoms with Crippen molar-refractivity contribution in [1.29, 1.82) is 0 Å². The smallest absolute Gasteiger partial charge is 0.148 e. The summed E-state index contributed by atoms with van der Waals surface area (Å²) >= 11 is 0. The Morgan fingerprint density at radius 2 is 2.20 bits per heavy atom. The van der Waals surface area contributed by atoms with Crippen LogP contribution in [0.5, 0.6) is 5.75 Å². The number of hydrogen-bond donors (Lipinski definition) is 1. The van der Waals surface area contributed by atoms with Gasteiger partial charge in [0.05, 0.1) is 0 Å². The number of fused-ring (bicyclic) bond motifs is 1. The summed E-state index contributed by atoms with van der Waals surface area (Å²) in [5.74, 6) is 3.42. The molecule has 3 nitrogen and oxygen atoms in total. The monoisotopic (exact) mass is 270 g/mol. The number of para-hydroxylation sites is 1. The van der Waals surface area contributed by atoms with Crippen molar-refractivity contribution in [3.8, 4) is 18.1 Å². The summed E-state index contributed by atoms with van der Waals surface area (Å²) in [5.41, 5.74) is 1.19. The van der Waals surface area contributed by atoms with Gasteiger partial charge in [-0.3, -0.25) is 4.90 Å². The minimum absolute atomic E-state index is 0.330. The van der Waals surface area contributed by atoms with Crippen LogP contribution in [0.3, 0.4) is 0 Å². The molecule has 2 aliphatic heterocycles. The van der Waals surface area contributed by atoms with Gasteiger partial charge in [0.2, 0.25) is 0 Å². The summed E-state index contributed by atoms with van der Waals surface area (Å²) in [6.07, 6.45) is 9.22. The second-order valence-corrected chi connectivity index (χ2v) is 5.62. The Bertz CT molecular complexity index is 494. The van der Waals surface area contributed by atoms with Gasteiger partial charge in [0.15, 0.2) is 0 Å². The lowest BCUT2D eigenvalue weighted by molar-refractivity contribution is 0.297. The highest BCUT2D eigenvalue weighted by Gasteiger charge is 2.36. The third kappa shape index (κ3) is 2.82. The first kappa shape index (κ1) is 13.5. The molecular weight excluding hydrogens is 248 g/mol. The fraction of sp³-hybridized carbons (Fsp3) is 0.529. The highest BCUT2D eigenvalue weighted by atomic mass is 16.5. The molecule has 2 fully saturated rings. The molecule has 2 unspecified atom stereocenters. The standard InChI is InChI=1S/C17H22N2O/c1-2-12-20-17-8-4-3-6-14(17)13-18-15-9-11-19-10-5-7-16(15)19/h1,3-4,6,8,15-16,18H,5,7,9-13H2. The topological polar surface area (TPSA) is 24.5 Å². The minimum Gasteiger partial charge on any atom is -0.481 e. The molecule has 0 bridgehead atoms. The molecule has 1 N–H and O–H groups in total. The number of ether oxygens (including phenoxy) is 1. The molecule has 2 aliphatic rings. The average molecular weight is 270 g/mol. The molecule has 106 valence electrons. The third-order valence-electron chi connectivity index (χ3n) is 4.44. The number of hydrogen-bond acceptors (Lipinski definition) is 3. The van der Waals surface area contributed by atoms with Crippen molar-refractivity contribution < 1.29 is 4.74 Å². The predicted octanol–water partition coefficient (Wildman–Crippen LogP) is 2.02. The first-order chi connectivity index (χ1) is 9.88. The molecule has 3 heteroatoms. The normalized spacial score (nSPS) is 25.4. The van der Waals surface area contributed by atoms with Crippen molar-refractivity contribution in [2.75, 3.05) is 19.7 Å². The molecule has 2 heterocycles. The van der Waals surface area contributed by atoms with Crippen LogP contribution in [0.4, 0.5) is 0 Å². The number of nitrogens with zero attached hydrogens (tertiary/aromatic N) is 1. The second-order valence-electron chi connectivity index (χ2n) is 5.62. The van der Waals surface area contributed by atoms with E-state index >= 15 is 0 Å². The van der Waals surface area contributed by atoms with Crippen molar-refractivity contribution >= 4 is 0 Å². The summed E-state index contributed by atoms with van der Waals surface area (Å²) in [5, 5.41) is 3.71. The van der Waals surface area contributed by atoms with Crippen LogP contribution in [0, 0.1) is 12.3 Å². The summed E-state index contributed by atoms with van der Waals surface area (Å²) in [4.78, 5) is 2.62. The van der Waals surface area contributed by atoms with Gasteiger partial charge < -0.3 is 10.1 Å². The lowest BCUT2D eigenvalue weighted by Gasteiger charge is -2.22. The maximum absolute atomic E-state index is 5.60. The quantitative estimate of drug-likeness (QED) is 0.829. The first-order valence-electron chi connectivity index (χ1n) is 7.50. The molecule has 20 heavy (non-hydrogen) atoms. The summed E-state index contributed by atoms with van der Waals surface area (Å²) in [6, 6.07) is 9.51. The van der Waals surface area contributed by atoms with Crippen molar-refractivity contribution in [3.05, 3.63) is 29.8 Å². The summed E-state index contributed by atoms with van der Waals surface area (Å²) in [6.45, 7) is 3.72. The average Bonchev–Trinajstić information content (AvgIpc) is 3.07. The Hall–Kier alpha value is -1.50. The van der Waals surface area contributed by atoms with E-state index in [1.165, 1.54) is 37.9 Å². The molecule has 0 radical (unpaired) electrons. The number of benzene rings is 1. The van der Waals surface area contributed by atoms with E-state index in [1.54, 1.807) is 0 Å². The van der Waals surface area contributed by atoms with Gasteiger partial charge >= 0.3 is 0 Å². The Kier molecular flexibility index (Phi) is 4.25. The fourth-order valence-corrected chi connectivity index (χ4v) is 3.47. The molecule has 0 saturated carbocycles. The molecule has 2 saturated heterocycles. The maximum Gasteiger partial charge on any atom is 0.148 e. The van der Waals surface area contributed by atoms with Gasteiger partial charge in [0.1, 0.15) is 12.4 Å². The maximum atomic E-state index is 5.60. The molecule has 3 rings (SSSR count). The summed E-state index contributed by atoms with van der Waals surface area (Å²) in [7, 11) is 0. The lowest BCUT2D eigenvalue weighted by atomic mass is 10.1. The van der Waals surface area contributed by atoms with E-state index in [1.807, 2.05) is 12.1 Å². The molecule has 1 aromatic rings. The molecule has 0 aliphatic carbocycles. The van der Waals surface area contributed by atoms with Crippen LogP contribution in [-0.4, -0.2) is 36.7 Å². The first-order valence-corrected chi connectivity index (χ1v) is 7.50. The van der Waals surface area contributed by atoms with E-state index in [0.717, 1.165) is 18.3 Å². The van der Waals surface area contributed by atoms with E-state index in [0.29, 0.717) is 12.6 Å². The van der Waals surface area contributed by atoms with Crippen LogP contribution in [0.2, 0.25) is 0 Å². The van der Waals surface area contributed by atoms with Crippen LogP contribution >= 0.6 is 0 Å². The zero-order valence-corrected chi connectivity index (χ0v) is 11.8. The van der Waals surface area contributed by atoms with Gasteiger partial charge in [-0.25, -0.2) is 0 Å². The van der Waals surface area contributed by atoms with Gasteiger partial charge in [-0.15, -0.1) is 6.42 Å². The number of terminal acetylenes is 1. The molecule has 0 spiro atoms. The van der Waals surface area contributed by atoms with Crippen molar-refractivity contribution in [3.63, 3.8) is 0 Å². The SMILES string of the molecule is C#CCOc1ccccc1CNC1CCN2CCCC12. The number of nitrogens with one attached hydrogen (secondary N) is 1. The van der Waals surface area contributed by atoms with E-state index in [4.69, 9.17) is 11.2 Å². The molecule has 2 atom stereocenters. The van der Waals surface area contributed by atoms with Crippen molar-refractivity contribution in [1.82, 2.24) is 10.2 Å². The van der Waals surface area contributed by atoms with E-state index in [2.05, 4.69) is 28.3 Å². The van der Waals surface area contributed by atoms with Gasteiger partial charge in [-0.1, -0.05) is 24.1 Å². The van der Waals surface area contributed by atoms with Gasteiger partial charge in [-0.2, -0.15) is 0 Å². The highest BCUT2D eigenvalue weighted by molar-refractivity contribution is 5.33. The van der Waals surface area contributed by atoms with E-state index in [9.17, 15) is 0 Å². The predicted molar refractivity (Wildman–Crippen MR) is 80.6 cm³/mol. The largest absolute Gasteiger partial charge is 0.481 e. The number of rotatable bonds is 5. The zero-order valence-electron chi connectivity index (χ0n) is 11.8. The second kappa shape index (κ2) is 6.30. The Balaban J connectivity index is 1.59. The van der Waals surface area contributed by atoms with Gasteiger partial charge in [-0.05, 0) is 31.9 Å². The van der Waals surface area contributed by atoms with Gasteiger partial charge in [0.25, 0.3) is 0 Å². The summed E-state index contributed by atoms with van der Waals surface area (Å²) < 4.78 is 5.60. The van der Waals surface area contributed by atoms with Crippen LogP contribution in [-0.2, 0) is 6.54 Å². The van der Waals surface area contributed by atoms with Crippen LogP contribution in [0.15, 0.2) is 24.3 Å². The Morgan fingerprint density at radius 3 is 3.10 bits per heavy atom. The lowest BCUT2D eigenvalue weighted by Crippen LogP contribution is -2.38. The van der Waals surface area contributed by atoms with Crippen molar-refractivity contribution in [2.45, 2.75) is 37.9 Å². The van der Waals surface area contributed by atoms with E-state index in [-0.39, 0.29) is 0 Å². The molecule has 1 aromatic carbocycles. The van der Waals surface area contributed by atoms with E-state index < -0.39 is 0 Å². The van der Waals surface area contributed by atoms with Crippen LogP contribution in [0.1, 0.15) is 24.8 Å². The zero-order chi connectivity index (χ0) is 13.8. The molecule has 0 amide bonds. The Labute approximate surface area is 121 Å². The highest BCUT2D eigenvalue weighted by Crippen LogP contribution is 2.28. The van der Waals surface area contributed by atoms with Crippen molar-refractivity contribution in [2.24, 2.45) is 0 Å². The fourth-order valence-electron chi connectivity index (χ4n) is 3.47. The third-order valence-corrected chi connectivity index (χ3v) is 4.44. The van der Waals surface area contributed by atoms with Gasteiger partial charge in [0, 0.05) is 30.7 Å². The molecule has 0 aromatic heterocycles. The minimum atomic E-state index is 0.330.